The maximum atomic E-state index is 12.6. The largest absolute Gasteiger partial charge is 0.355 e. The normalized spacial score (nSPS) is 20.1. The Morgan fingerprint density at radius 2 is 1.96 bits per heavy atom. The van der Waals surface area contributed by atoms with E-state index in [4.69, 9.17) is 0 Å². The Balaban J connectivity index is 1.37. The lowest BCUT2D eigenvalue weighted by Gasteiger charge is -2.35. The van der Waals surface area contributed by atoms with Gasteiger partial charge in [-0.15, -0.1) is 0 Å². The number of hydrogen-bond acceptors (Lipinski definition) is 3. The molecule has 6 heteroatoms. The molecule has 0 saturated carbocycles. The van der Waals surface area contributed by atoms with Gasteiger partial charge in [0.05, 0.1) is 6.20 Å². The number of rotatable bonds is 2. The van der Waals surface area contributed by atoms with Crippen LogP contribution in [0.4, 0.5) is 10.6 Å². The van der Waals surface area contributed by atoms with Crippen LogP contribution >= 0.6 is 0 Å². The number of aryl methyl sites for hydroxylation is 1. The SMILES string of the molecule is Cn1nccc1N1CCC[C@@H](NC(=O)N2Cc3ccccc3C2)C1. The molecule has 0 aliphatic carbocycles. The van der Waals surface area contributed by atoms with Gasteiger partial charge in [0.25, 0.3) is 0 Å². The summed E-state index contributed by atoms with van der Waals surface area (Å²) in [7, 11) is 1.96. The number of nitrogens with one attached hydrogen (secondary N) is 1. The van der Waals surface area contributed by atoms with Crippen LogP contribution in [-0.4, -0.2) is 39.8 Å². The Morgan fingerprint density at radius 3 is 2.62 bits per heavy atom. The minimum atomic E-state index is 0.0445. The fourth-order valence-corrected chi connectivity index (χ4v) is 3.72. The summed E-state index contributed by atoms with van der Waals surface area (Å²) in [6.45, 7) is 3.27. The van der Waals surface area contributed by atoms with Crippen molar-refractivity contribution in [2.45, 2.75) is 32.0 Å². The smallest absolute Gasteiger partial charge is 0.318 e. The molecule has 4 rings (SSSR count). The van der Waals surface area contributed by atoms with Crippen LogP contribution < -0.4 is 10.2 Å². The van der Waals surface area contributed by atoms with Gasteiger partial charge < -0.3 is 15.1 Å². The summed E-state index contributed by atoms with van der Waals surface area (Å²) in [5, 5.41) is 7.47. The maximum Gasteiger partial charge on any atom is 0.318 e. The van der Waals surface area contributed by atoms with Crippen LogP contribution in [-0.2, 0) is 20.1 Å². The van der Waals surface area contributed by atoms with Gasteiger partial charge in [-0.1, -0.05) is 24.3 Å². The Hall–Kier alpha value is -2.50. The second-order valence-electron chi connectivity index (χ2n) is 6.67. The first-order chi connectivity index (χ1) is 11.7. The predicted octanol–water partition coefficient (Wildman–Crippen LogP) is 2.11. The van der Waals surface area contributed by atoms with Crippen molar-refractivity contribution in [2.75, 3.05) is 18.0 Å². The standard InChI is InChI=1S/C18H23N5O/c1-21-17(8-9-19-21)22-10-4-7-16(13-22)20-18(24)23-11-14-5-2-3-6-15(14)12-23/h2-3,5-6,8-9,16H,4,7,10-13H2,1H3,(H,20,24)/t16-/m1/s1. The average molecular weight is 325 g/mol. The number of piperidine rings is 1. The van der Waals surface area contributed by atoms with Crippen molar-refractivity contribution in [1.82, 2.24) is 20.0 Å². The van der Waals surface area contributed by atoms with E-state index >= 15 is 0 Å². The first-order valence-electron chi connectivity index (χ1n) is 8.56. The van der Waals surface area contributed by atoms with Crippen molar-refractivity contribution in [2.24, 2.45) is 7.05 Å². The van der Waals surface area contributed by atoms with Crippen molar-refractivity contribution in [3.05, 3.63) is 47.7 Å². The highest BCUT2D eigenvalue weighted by molar-refractivity contribution is 5.75. The summed E-state index contributed by atoms with van der Waals surface area (Å²) in [5.74, 6) is 1.11. The van der Waals surface area contributed by atoms with E-state index < -0.39 is 0 Å². The van der Waals surface area contributed by atoms with Gasteiger partial charge in [0.15, 0.2) is 0 Å². The quantitative estimate of drug-likeness (QED) is 0.920. The number of amides is 2. The second-order valence-corrected chi connectivity index (χ2v) is 6.67. The summed E-state index contributed by atoms with van der Waals surface area (Å²) in [4.78, 5) is 16.8. The minimum Gasteiger partial charge on any atom is -0.355 e. The van der Waals surface area contributed by atoms with Crippen LogP contribution in [0.5, 0.6) is 0 Å². The number of carbonyl (C=O) groups is 1. The Morgan fingerprint density at radius 1 is 1.21 bits per heavy atom. The van der Waals surface area contributed by atoms with Gasteiger partial charge in [-0.25, -0.2) is 4.79 Å². The van der Waals surface area contributed by atoms with Gasteiger partial charge in [0, 0.05) is 45.3 Å². The number of hydrogen-bond donors (Lipinski definition) is 1. The third-order valence-electron chi connectivity index (χ3n) is 5.00. The molecule has 1 saturated heterocycles. The molecule has 0 bridgehead atoms. The molecule has 0 unspecified atom stereocenters. The fraction of sp³-hybridized carbons (Fsp3) is 0.444. The van der Waals surface area contributed by atoms with Gasteiger partial charge in [0.2, 0.25) is 0 Å². The summed E-state index contributed by atoms with van der Waals surface area (Å²) in [5.41, 5.74) is 2.51. The van der Waals surface area contributed by atoms with E-state index in [-0.39, 0.29) is 12.1 Å². The number of anilines is 1. The summed E-state index contributed by atoms with van der Waals surface area (Å²) in [6.07, 6.45) is 3.93. The van der Waals surface area contributed by atoms with Crippen LogP contribution in [0.25, 0.3) is 0 Å². The van der Waals surface area contributed by atoms with E-state index in [9.17, 15) is 4.79 Å². The Kier molecular flexibility index (Phi) is 3.88. The van der Waals surface area contributed by atoms with Crippen molar-refractivity contribution in [3.63, 3.8) is 0 Å². The van der Waals surface area contributed by atoms with Gasteiger partial charge >= 0.3 is 6.03 Å². The molecule has 1 fully saturated rings. The highest BCUT2D eigenvalue weighted by atomic mass is 16.2. The highest BCUT2D eigenvalue weighted by Gasteiger charge is 2.27. The molecule has 1 N–H and O–H groups in total. The number of benzene rings is 1. The molecule has 3 heterocycles. The zero-order valence-electron chi connectivity index (χ0n) is 14.0. The first-order valence-corrected chi connectivity index (χ1v) is 8.56. The number of urea groups is 1. The van der Waals surface area contributed by atoms with Crippen LogP contribution in [0.2, 0.25) is 0 Å². The second kappa shape index (κ2) is 6.19. The lowest BCUT2D eigenvalue weighted by Crippen LogP contribution is -2.51. The molecular formula is C18H23N5O. The van der Waals surface area contributed by atoms with Gasteiger partial charge in [-0.3, -0.25) is 4.68 Å². The van der Waals surface area contributed by atoms with Crippen LogP contribution in [0.3, 0.4) is 0 Å². The van der Waals surface area contributed by atoms with Crippen molar-refractivity contribution < 1.29 is 4.79 Å². The third kappa shape index (κ3) is 2.84. The number of nitrogens with zero attached hydrogens (tertiary/aromatic N) is 4. The fourth-order valence-electron chi connectivity index (χ4n) is 3.72. The van der Waals surface area contributed by atoms with Gasteiger partial charge in [-0.05, 0) is 24.0 Å². The molecular weight excluding hydrogens is 302 g/mol. The molecule has 2 aliphatic rings. The average Bonchev–Trinajstić information content (AvgIpc) is 3.21. The molecule has 2 aliphatic heterocycles. The van der Waals surface area contributed by atoms with Gasteiger partial charge in [0.1, 0.15) is 5.82 Å². The van der Waals surface area contributed by atoms with Crippen LogP contribution in [0, 0.1) is 0 Å². The molecule has 24 heavy (non-hydrogen) atoms. The molecule has 1 aromatic heterocycles. The zero-order valence-corrected chi connectivity index (χ0v) is 14.0. The monoisotopic (exact) mass is 325 g/mol. The van der Waals surface area contributed by atoms with E-state index in [2.05, 4.69) is 27.4 Å². The van der Waals surface area contributed by atoms with Crippen molar-refractivity contribution >= 4 is 11.8 Å². The molecule has 6 nitrogen and oxygen atoms in total. The molecule has 0 spiro atoms. The van der Waals surface area contributed by atoms with Gasteiger partial charge in [-0.2, -0.15) is 5.10 Å². The number of fused-ring (bicyclic) bond motifs is 1. The summed E-state index contributed by atoms with van der Waals surface area (Å²) in [6, 6.07) is 10.5. The minimum absolute atomic E-state index is 0.0445. The molecule has 1 atom stereocenters. The first kappa shape index (κ1) is 15.1. The predicted molar refractivity (Wildman–Crippen MR) is 92.7 cm³/mol. The van der Waals surface area contributed by atoms with E-state index in [1.165, 1.54) is 11.1 Å². The molecule has 0 radical (unpaired) electrons. The van der Waals surface area contributed by atoms with Crippen molar-refractivity contribution in [1.29, 1.82) is 0 Å². The lowest BCUT2D eigenvalue weighted by molar-refractivity contribution is 0.192. The Labute approximate surface area is 142 Å². The van der Waals surface area contributed by atoms with E-state index in [0.717, 1.165) is 31.7 Å². The summed E-state index contributed by atoms with van der Waals surface area (Å²) >= 11 is 0. The summed E-state index contributed by atoms with van der Waals surface area (Å²) < 4.78 is 1.89. The Bertz CT molecular complexity index is 716. The topological polar surface area (TPSA) is 53.4 Å². The lowest BCUT2D eigenvalue weighted by atomic mass is 10.1. The van der Waals surface area contributed by atoms with Crippen LogP contribution in [0.1, 0.15) is 24.0 Å². The number of carbonyl (C=O) groups excluding carboxylic acids is 1. The van der Waals surface area contributed by atoms with E-state index in [1.807, 2.05) is 41.0 Å². The van der Waals surface area contributed by atoms with E-state index in [1.54, 1.807) is 0 Å². The molecule has 126 valence electrons. The molecule has 1 aromatic carbocycles. The number of aromatic nitrogens is 2. The van der Waals surface area contributed by atoms with Crippen LogP contribution in [0.15, 0.2) is 36.5 Å². The zero-order chi connectivity index (χ0) is 16.5. The molecule has 2 amide bonds. The molecule has 2 aromatic rings. The van der Waals surface area contributed by atoms with E-state index in [0.29, 0.717) is 13.1 Å². The maximum absolute atomic E-state index is 12.6. The third-order valence-corrected chi connectivity index (χ3v) is 5.00. The van der Waals surface area contributed by atoms with Crippen molar-refractivity contribution in [3.8, 4) is 0 Å². The highest BCUT2D eigenvalue weighted by Crippen LogP contribution is 2.23.